The van der Waals surface area contributed by atoms with Crippen molar-refractivity contribution < 1.29 is 9.47 Å². The van der Waals surface area contributed by atoms with Crippen LogP contribution in [0.3, 0.4) is 0 Å². The summed E-state index contributed by atoms with van der Waals surface area (Å²) in [5.41, 5.74) is 1.08. The Balaban J connectivity index is 1.91. The third-order valence-corrected chi connectivity index (χ3v) is 3.50. The number of hydrogen-bond acceptors (Lipinski definition) is 2. The summed E-state index contributed by atoms with van der Waals surface area (Å²) in [5.74, 6) is 0.874. The van der Waals surface area contributed by atoms with Crippen LogP contribution in [-0.2, 0) is 4.74 Å². The molecule has 0 N–H and O–H groups in total. The van der Waals surface area contributed by atoms with Crippen molar-refractivity contribution in [1.29, 1.82) is 0 Å². The normalized spacial score (nSPS) is 21.6. The zero-order valence-corrected chi connectivity index (χ0v) is 11.6. The lowest BCUT2D eigenvalue weighted by Gasteiger charge is -2.21. The third-order valence-electron chi connectivity index (χ3n) is 3.50. The molecule has 0 bridgehead atoms. The van der Waals surface area contributed by atoms with Gasteiger partial charge in [0.15, 0.2) is 6.29 Å². The topological polar surface area (TPSA) is 18.5 Å². The van der Waals surface area contributed by atoms with Crippen molar-refractivity contribution in [3.05, 3.63) is 36.4 Å². The maximum atomic E-state index is 5.96. The molecule has 1 aromatic carbocycles. The largest absolute Gasteiger partial charge is 0.465 e. The Kier molecular flexibility index (Phi) is 5.96. The van der Waals surface area contributed by atoms with Crippen LogP contribution in [0.2, 0.25) is 0 Å². The molecule has 1 aliphatic rings. The lowest BCUT2D eigenvalue weighted by molar-refractivity contribution is -0.0875. The predicted molar refractivity (Wildman–Crippen MR) is 79.2 cm³/mol. The van der Waals surface area contributed by atoms with Gasteiger partial charge in [-0.3, -0.25) is 0 Å². The molecule has 1 atom stereocenters. The van der Waals surface area contributed by atoms with Crippen LogP contribution in [-0.4, -0.2) is 12.9 Å². The van der Waals surface area contributed by atoms with Gasteiger partial charge in [-0.25, -0.2) is 0 Å². The average Bonchev–Trinajstić information content (AvgIpc) is 2.46. The van der Waals surface area contributed by atoms with E-state index in [4.69, 9.17) is 9.47 Å². The van der Waals surface area contributed by atoms with Crippen LogP contribution in [0.25, 0.3) is 6.08 Å². The Labute approximate surface area is 116 Å². The number of rotatable bonds is 3. The molecule has 2 rings (SSSR count). The van der Waals surface area contributed by atoms with E-state index in [9.17, 15) is 0 Å². The Morgan fingerprint density at radius 3 is 2.74 bits per heavy atom. The second-order valence-electron chi connectivity index (χ2n) is 5.10. The zero-order chi connectivity index (χ0) is 13.3. The molecule has 1 heterocycles. The fourth-order valence-electron chi connectivity index (χ4n) is 2.38. The van der Waals surface area contributed by atoms with E-state index in [0.29, 0.717) is 0 Å². The van der Waals surface area contributed by atoms with E-state index in [1.165, 1.54) is 32.1 Å². The summed E-state index contributed by atoms with van der Waals surface area (Å²) in [6.45, 7) is 4.59. The van der Waals surface area contributed by atoms with E-state index in [2.05, 4.69) is 6.58 Å². The molecule has 1 saturated heterocycles. The van der Waals surface area contributed by atoms with Gasteiger partial charge in [-0.2, -0.15) is 0 Å². The average molecular weight is 260 g/mol. The van der Waals surface area contributed by atoms with Gasteiger partial charge in [0.05, 0.1) is 6.61 Å². The van der Waals surface area contributed by atoms with Crippen LogP contribution in [0.4, 0.5) is 0 Å². The van der Waals surface area contributed by atoms with E-state index >= 15 is 0 Å². The van der Waals surface area contributed by atoms with Gasteiger partial charge in [-0.1, -0.05) is 50.5 Å². The van der Waals surface area contributed by atoms with Crippen LogP contribution in [0.15, 0.2) is 30.8 Å². The van der Waals surface area contributed by atoms with Crippen molar-refractivity contribution >= 4 is 6.08 Å². The molecule has 0 radical (unpaired) electrons. The summed E-state index contributed by atoms with van der Waals surface area (Å²) in [4.78, 5) is 0. The molecule has 104 valence electrons. The molecule has 1 fully saturated rings. The monoisotopic (exact) mass is 260 g/mol. The lowest BCUT2D eigenvalue weighted by atomic mass is 10.1. The zero-order valence-electron chi connectivity index (χ0n) is 11.6. The van der Waals surface area contributed by atoms with E-state index in [0.717, 1.165) is 30.8 Å². The summed E-state index contributed by atoms with van der Waals surface area (Å²) >= 11 is 0. The molecule has 2 heteroatoms. The third kappa shape index (κ3) is 5.07. The van der Waals surface area contributed by atoms with Gasteiger partial charge in [-0.15, -0.1) is 0 Å². The molecule has 1 unspecified atom stereocenters. The Bertz CT molecular complexity index is 377. The fourth-order valence-corrected chi connectivity index (χ4v) is 2.38. The van der Waals surface area contributed by atoms with E-state index in [1.54, 1.807) is 0 Å². The highest BCUT2D eigenvalue weighted by Crippen LogP contribution is 2.20. The molecule has 19 heavy (non-hydrogen) atoms. The standard InChI is InChI=1S/C17H24O2/c1-2-15-10-9-11-16(14-15)19-17-12-7-5-3-4-6-8-13-18-17/h2,9-11,14,17H,1,3-8,12-13H2. The number of ether oxygens (including phenoxy) is 2. The maximum Gasteiger partial charge on any atom is 0.199 e. The van der Waals surface area contributed by atoms with Gasteiger partial charge in [0.1, 0.15) is 5.75 Å². The van der Waals surface area contributed by atoms with Crippen molar-refractivity contribution in [3.8, 4) is 5.75 Å². The highest BCUT2D eigenvalue weighted by atomic mass is 16.7. The van der Waals surface area contributed by atoms with E-state index < -0.39 is 0 Å². The second-order valence-corrected chi connectivity index (χ2v) is 5.10. The lowest BCUT2D eigenvalue weighted by Crippen LogP contribution is -2.21. The Hall–Kier alpha value is -1.28. The van der Waals surface area contributed by atoms with E-state index in [1.807, 2.05) is 30.3 Å². The molecule has 0 saturated carbocycles. The number of hydrogen-bond donors (Lipinski definition) is 0. The smallest absolute Gasteiger partial charge is 0.199 e. The van der Waals surface area contributed by atoms with Crippen molar-refractivity contribution in [2.45, 2.75) is 51.2 Å². The molecule has 1 aromatic rings. The molecule has 0 aliphatic carbocycles. The van der Waals surface area contributed by atoms with Crippen molar-refractivity contribution in [2.75, 3.05) is 6.61 Å². The molecule has 0 aromatic heterocycles. The minimum Gasteiger partial charge on any atom is -0.465 e. The van der Waals surface area contributed by atoms with Gasteiger partial charge in [0.2, 0.25) is 0 Å². The van der Waals surface area contributed by atoms with Crippen LogP contribution >= 0.6 is 0 Å². The van der Waals surface area contributed by atoms with Crippen molar-refractivity contribution in [2.24, 2.45) is 0 Å². The Morgan fingerprint density at radius 1 is 1.11 bits per heavy atom. The minimum absolute atomic E-state index is 0.0989. The highest BCUT2D eigenvalue weighted by Gasteiger charge is 2.12. The molecule has 0 amide bonds. The molecular weight excluding hydrogens is 236 g/mol. The second kappa shape index (κ2) is 8.00. The van der Waals surface area contributed by atoms with Crippen LogP contribution in [0.5, 0.6) is 5.75 Å². The van der Waals surface area contributed by atoms with Gasteiger partial charge >= 0.3 is 0 Å². The summed E-state index contributed by atoms with van der Waals surface area (Å²) in [6, 6.07) is 8.00. The van der Waals surface area contributed by atoms with Gasteiger partial charge in [0.25, 0.3) is 0 Å². The first kappa shape index (κ1) is 14.1. The van der Waals surface area contributed by atoms with Crippen LogP contribution < -0.4 is 4.74 Å². The SMILES string of the molecule is C=Cc1cccc(OC2CCCCCCCCO2)c1. The van der Waals surface area contributed by atoms with Crippen LogP contribution in [0, 0.1) is 0 Å². The molecule has 0 spiro atoms. The first-order valence-electron chi connectivity index (χ1n) is 7.39. The van der Waals surface area contributed by atoms with E-state index in [-0.39, 0.29) is 6.29 Å². The summed E-state index contributed by atoms with van der Waals surface area (Å²) < 4.78 is 11.8. The first-order chi connectivity index (χ1) is 9.38. The van der Waals surface area contributed by atoms with Gasteiger partial charge < -0.3 is 9.47 Å². The number of benzene rings is 1. The fraction of sp³-hybridized carbons (Fsp3) is 0.529. The molecule has 1 aliphatic heterocycles. The predicted octanol–water partition coefficient (Wildman–Crippen LogP) is 4.80. The molecular formula is C17H24O2. The minimum atomic E-state index is -0.0989. The maximum absolute atomic E-state index is 5.96. The quantitative estimate of drug-likeness (QED) is 0.777. The van der Waals surface area contributed by atoms with Crippen LogP contribution in [0.1, 0.15) is 50.5 Å². The summed E-state index contributed by atoms with van der Waals surface area (Å²) in [7, 11) is 0. The van der Waals surface area contributed by atoms with Crippen molar-refractivity contribution in [1.82, 2.24) is 0 Å². The summed E-state index contributed by atoms with van der Waals surface area (Å²) in [5, 5.41) is 0. The Morgan fingerprint density at radius 2 is 1.89 bits per heavy atom. The van der Waals surface area contributed by atoms with Gasteiger partial charge in [0, 0.05) is 6.42 Å². The summed E-state index contributed by atoms with van der Waals surface area (Å²) in [6.07, 6.45) is 10.3. The highest BCUT2D eigenvalue weighted by molar-refractivity contribution is 5.49. The first-order valence-corrected chi connectivity index (χ1v) is 7.39. The van der Waals surface area contributed by atoms with Gasteiger partial charge in [-0.05, 0) is 30.5 Å². The molecule has 2 nitrogen and oxygen atoms in total. The van der Waals surface area contributed by atoms with Crippen molar-refractivity contribution in [3.63, 3.8) is 0 Å².